The van der Waals surface area contributed by atoms with E-state index in [1.165, 1.54) is 0 Å². The van der Waals surface area contributed by atoms with Crippen LogP contribution in [0.2, 0.25) is 5.02 Å². The van der Waals surface area contributed by atoms with Crippen LogP contribution in [0.15, 0.2) is 40.9 Å². The van der Waals surface area contributed by atoms with Crippen molar-refractivity contribution in [2.45, 2.75) is 20.0 Å². The molecule has 0 aliphatic heterocycles. The largest absolute Gasteiger partial charge is 0.448 e. The number of esters is 1. The summed E-state index contributed by atoms with van der Waals surface area (Å²) in [6.45, 7) is 3.32. The Hall–Kier alpha value is -2.67. The fourth-order valence-electron chi connectivity index (χ4n) is 1.92. The van der Waals surface area contributed by atoms with Crippen LogP contribution in [-0.2, 0) is 4.74 Å². The van der Waals surface area contributed by atoms with Gasteiger partial charge in [-0.05, 0) is 37.3 Å². The molecule has 0 spiro atoms. The van der Waals surface area contributed by atoms with Gasteiger partial charge in [0.05, 0.1) is 5.69 Å². The number of carbonyl (C=O) groups is 1. The molecule has 0 amide bonds. The van der Waals surface area contributed by atoms with Gasteiger partial charge >= 0.3 is 5.97 Å². The van der Waals surface area contributed by atoms with Gasteiger partial charge in [-0.3, -0.25) is 0 Å². The zero-order chi connectivity index (χ0) is 16.4. The number of nitrogens with zero attached hydrogens (tertiary/aromatic N) is 4. The number of aromatic nitrogens is 4. The minimum Gasteiger partial charge on any atom is -0.448 e. The highest BCUT2D eigenvalue weighted by atomic mass is 35.5. The van der Waals surface area contributed by atoms with Crippen LogP contribution in [0.5, 0.6) is 0 Å². The molecule has 0 radical (unpaired) electrons. The molecular weight excluding hydrogens is 320 g/mol. The van der Waals surface area contributed by atoms with Crippen LogP contribution >= 0.6 is 11.6 Å². The van der Waals surface area contributed by atoms with Crippen LogP contribution in [0.25, 0.3) is 5.69 Å². The summed E-state index contributed by atoms with van der Waals surface area (Å²) in [7, 11) is 0. The summed E-state index contributed by atoms with van der Waals surface area (Å²) in [6, 6.07) is 8.67. The van der Waals surface area contributed by atoms with E-state index in [1.807, 2.05) is 0 Å². The Balaban J connectivity index is 1.72. The zero-order valence-corrected chi connectivity index (χ0v) is 13.2. The Morgan fingerprint density at radius 2 is 2.00 bits per heavy atom. The van der Waals surface area contributed by atoms with E-state index in [4.69, 9.17) is 20.8 Å². The first-order valence-corrected chi connectivity index (χ1v) is 7.23. The van der Waals surface area contributed by atoms with E-state index >= 15 is 0 Å². The van der Waals surface area contributed by atoms with Crippen LogP contribution in [0.4, 0.5) is 0 Å². The van der Waals surface area contributed by atoms with E-state index < -0.39 is 12.1 Å². The standard InChI is InChI=1S/C15H13ClN4O3/c1-9(14-18-17-10(2)23-14)22-15(21)13-7-8-20(19-13)12-5-3-11(16)4-6-12/h3-9H,1-2H3/t9-/m0/s1. The summed E-state index contributed by atoms with van der Waals surface area (Å²) >= 11 is 5.85. The third kappa shape index (κ3) is 3.40. The number of aryl methyl sites for hydroxylation is 1. The average Bonchev–Trinajstić information content (AvgIpc) is 3.17. The Morgan fingerprint density at radius 1 is 1.26 bits per heavy atom. The minimum atomic E-state index is -0.649. The zero-order valence-electron chi connectivity index (χ0n) is 12.4. The van der Waals surface area contributed by atoms with Crippen molar-refractivity contribution in [1.82, 2.24) is 20.0 Å². The van der Waals surface area contributed by atoms with Crippen LogP contribution in [0.3, 0.4) is 0 Å². The molecule has 0 aliphatic carbocycles. The van der Waals surface area contributed by atoms with E-state index in [9.17, 15) is 4.79 Å². The van der Waals surface area contributed by atoms with Gasteiger partial charge in [0.15, 0.2) is 11.8 Å². The average molecular weight is 333 g/mol. The van der Waals surface area contributed by atoms with Gasteiger partial charge in [0.2, 0.25) is 5.89 Å². The molecule has 8 heteroatoms. The molecule has 0 unspecified atom stereocenters. The molecule has 7 nitrogen and oxygen atoms in total. The van der Waals surface area contributed by atoms with Crippen LogP contribution in [-0.4, -0.2) is 25.9 Å². The molecular formula is C15H13ClN4O3. The molecule has 0 bridgehead atoms. The highest BCUT2D eigenvalue weighted by molar-refractivity contribution is 6.30. The first kappa shape index (κ1) is 15.2. The molecule has 23 heavy (non-hydrogen) atoms. The van der Waals surface area contributed by atoms with E-state index in [1.54, 1.807) is 55.1 Å². The first-order chi connectivity index (χ1) is 11.0. The van der Waals surface area contributed by atoms with Gasteiger partial charge in [-0.1, -0.05) is 11.6 Å². The topological polar surface area (TPSA) is 83.0 Å². The van der Waals surface area contributed by atoms with Crippen molar-refractivity contribution in [3.05, 3.63) is 59.0 Å². The summed E-state index contributed by atoms with van der Waals surface area (Å²) in [5, 5.41) is 12.3. The van der Waals surface area contributed by atoms with E-state index in [0.717, 1.165) is 5.69 Å². The van der Waals surface area contributed by atoms with Crippen molar-refractivity contribution in [2.24, 2.45) is 0 Å². The van der Waals surface area contributed by atoms with Crippen LogP contribution in [0, 0.1) is 6.92 Å². The van der Waals surface area contributed by atoms with Gasteiger partial charge in [-0.15, -0.1) is 10.2 Å². The van der Waals surface area contributed by atoms with Gasteiger partial charge in [-0.25, -0.2) is 9.48 Å². The van der Waals surface area contributed by atoms with E-state index in [2.05, 4.69) is 15.3 Å². The molecule has 0 saturated carbocycles. The fourth-order valence-corrected chi connectivity index (χ4v) is 2.04. The maximum Gasteiger partial charge on any atom is 0.359 e. The number of ether oxygens (including phenoxy) is 1. The lowest BCUT2D eigenvalue weighted by Crippen LogP contribution is -2.11. The summed E-state index contributed by atoms with van der Waals surface area (Å²) in [4.78, 5) is 12.1. The van der Waals surface area contributed by atoms with Crippen molar-refractivity contribution in [2.75, 3.05) is 0 Å². The van der Waals surface area contributed by atoms with Crippen molar-refractivity contribution in [3.8, 4) is 5.69 Å². The van der Waals surface area contributed by atoms with Gasteiger partial charge in [0.1, 0.15) is 0 Å². The lowest BCUT2D eigenvalue weighted by Gasteiger charge is -2.07. The van der Waals surface area contributed by atoms with Crippen LogP contribution in [0.1, 0.15) is 35.3 Å². The highest BCUT2D eigenvalue weighted by Gasteiger charge is 2.20. The van der Waals surface area contributed by atoms with E-state index in [-0.39, 0.29) is 11.6 Å². The van der Waals surface area contributed by atoms with Crippen molar-refractivity contribution >= 4 is 17.6 Å². The molecule has 3 rings (SSSR count). The second-order valence-electron chi connectivity index (χ2n) is 4.83. The molecule has 2 aromatic heterocycles. The Bertz CT molecular complexity index is 825. The van der Waals surface area contributed by atoms with Gasteiger partial charge in [0, 0.05) is 18.1 Å². The normalized spacial score (nSPS) is 12.1. The smallest absolute Gasteiger partial charge is 0.359 e. The maximum atomic E-state index is 12.1. The molecule has 0 N–H and O–H groups in total. The first-order valence-electron chi connectivity index (χ1n) is 6.85. The molecule has 118 valence electrons. The maximum absolute atomic E-state index is 12.1. The molecule has 1 atom stereocenters. The monoisotopic (exact) mass is 332 g/mol. The molecule has 3 aromatic rings. The number of halogens is 1. The molecule has 0 aliphatic rings. The second kappa shape index (κ2) is 6.21. The Kier molecular flexibility index (Phi) is 4.12. The van der Waals surface area contributed by atoms with E-state index in [0.29, 0.717) is 10.9 Å². The number of benzene rings is 1. The number of carbonyl (C=O) groups excluding carboxylic acids is 1. The number of hydrogen-bond donors (Lipinski definition) is 0. The summed E-state index contributed by atoms with van der Waals surface area (Å²) in [6.07, 6.45) is 1.02. The highest BCUT2D eigenvalue weighted by Crippen LogP contribution is 2.18. The predicted molar refractivity (Wildman–Crippen MR) is 81.4 cm³/mol. The third-order valence-corrected chi connectivity index (χ3v) is 3.31. The third-order valence-electron chi connectivity index (χ3n) is 3.06. The van der Waals surface area contributed by atoms with Crippen LogP contribution < -0.4 is 0 Å². The Morgan fingerprint density at radius 3 is 2.65 bits per heavy atom. The molecule has 1 aromatic carbocycles. The lowest BCUT2D eigenvalue weighted by molar-refractivity contribution is 0.0269. The number of rotatable bonds is 4. The SMILES string of the molecule is Cc1nnc([C@H](C)OC(=O)c2ccn(-c3ccc(Cl)cc3)n2)o1. The van der Waals surface area contributed by atoms with Gasteiger partial charge in [-0.2, -0.15) is 5.10 Å². The van der Waals surface area contributed by atoms with Gasteiger partial charge in [0.25, 0.3) is 5.89 Å². The summed E-state index contributed by atoms with van der Waals surface area (Å²) in [5.41, 5.74) is 0.970. The quantitative estimate of drug-likeness (QED) is 0.682. The molecule has 0 fully saturated rings. The van der Waals surface area contributed by atoms with Crippen molar-refractivity contribution in [1.29, 1.82) is 0 Å². The minimum absolute atomic E-state index is 0.183. The molecule has 2 heterocycles. The number of hydrogen-bond acceptors (Lipinski definition) is 6. The van der Waals surface area contributed by atoms with Gasteiger partial charge < -0.3 is 9.15 Å². The van der Waals surface area contributed by atoms with Crippen molar-refractivity contribution < 1.29 is 13.9 Å². The summed E-state index contributed by atoms with van der Waals surface area (Å²) < 4.78 is 12.1. The predicted octanol–water partition coefficient (Wildman–Crippen LogP) is 3.14. The second-order valence-corrected chi connectivity index (χ2v) is 5.27. The molecule has 0 saturated heterocycles. The summed E-state index contributed by atoms with van der Waals surface area (Å²) in [5.74, 6) is 0.0870. The lowest BCUT2D eigenvalue weighted by atomic mass is 10.3. The van der Waals surface area contributed by atoms with Crippen molar-refractivity contribution in [3.63, 3.8) is 0 Å². The Labute approximate surface area is 136 Å². The fraction of sp³-hybridized carbons (Fsp3) is 0.200.